The van der Waals surface area contributed by atoms with Gasteiger partial charge in [0, 0.05) is 11.8 Å². The van der Waals surface area contributed by atoms with Gasteiger partial charge in [0.1, 0.15) is 0 Å². The van der Waals surface area contributed by atoms with Crippen molar-refractivity contribution in [2.45, 2.75) is 25.6 Å². The fourth-order valence-corrected chi connectivity index (χ4v) is 1.92. The molecule has 1 aliphatic rings. The largest absolute Gasteiger partial charge is 0.489 e. The molecule has 1 unspecified atom stereocenters. The zero-order valence-electron chi connectivity index (χ0n) is 9.73. The molecule has 0 aliphatic carbocycles. The second kappa shape index (κ2) is 6.87. The van der Waals surface area contributed by atoms with E-state index in [4.69, 9.17) is 14.2 Å². The van der Waals surface area contributed by atoms with Crippen LogP contribution >= 0.6 is 15.9 Å². The molecule has 1 aliphatic heterocycles. The number of hydrogen-bond acceptors (Lipinski definition) is 3. The average Bonchev–Trinajstić information content (AvgIpc) is 2.39. The maximum atomic E-state index is 5.82. The summed E-state index contributed by atoms with van der Waals surface area (Å²) in [7, 11) is 0. The molecule has 4 heteroatoms. The fourth-order valence-electron chi connectivity index (χ4n) is 1.76. The van der Waals surface area contributed by atoms with Crippen molar-refractivity contribution >= 4 is 15.9 Å². The first kappa shape index (κ1) is 12.7. The third kappa shape index (κ3) is 3.89. The van der Waals surface area contributed by atoms with Crippen LogP contribution in [0.15, 0.2) is 24.3 Å². The Hall–Kier alpha value is -0.740. The first-order valence-corrected chi connectivity index (χ1v) is 7.08. The average molecular weight is 301 g/mol. The molecule has 3 nitrogen and oxygen atoms in total. The topological polar surface area (TPSA) is 27.7 Å². The van der Waals surface area contributed by atoms with Gasteiger partial charge in [-0.05, 0) is 25.0 Å². The smallest absolute Gasteiger partial charge is 0.200 e. The molecular weight excluding hydrogens is 284 g/mol. The van der Waals surface area contributed by atoms with Gasteiger partial charge in [0.05, 0.1) is 13.2 Å². The van der Waals surface area contributed by atoms with Crippen molar-refractivity contribution in [3.8, 4) is 11.5 Å². The van der Waals surface area contributed by atoms with Crippen molar-refractivity contribution in [3.63, 3.8) is 0 Å². The van der Waals surface area contributed by atoms with E-state index < -0.39 is 0 Å². The molecule has 0 radical (unpaired) electrons. The molecule has 1 aromatic carbocycles. The molecule has 0 amide bonds. The summed E-state index contributed by atoms with van der Waals surface area (Å²) in [5.74, 6) is 1.54. The van der Waals surface area contributed by atoms with Crippen molar-refractivity contribution in [3.05, 3.63) is 24.3 Å². The molecule has 0 N–H and O–H groups in total. The number of benzene rings is 1. The summed E-state index contributed by atoms with van der Waals surface area (Å²) < 4.78 is 17.0. The maximum Gasteiger partial charge on any atom is 0.200 e. The summed E-state index contributed by atoms with van der Waals surface area (Å²) in [5.41, 5.74) is 0. The van der Waals surface area contributed by atoms with Crippen LogP contribution in [0.25, 0.3) is 0 Å². The van der Waals surface area contributed by atoms with Gasteiger partial charge in [-0.15, -0.1) is 0 Å². The van der Waals surface area contributed by atoms with Gasteiger partial charge in [0.2, 0.25) is 0 Å². The van der Waals surface area contributed by atoms with E-state index in [-0.39, 0.29) is 6.29 Å². The Morgan fingerprint density at radius 1 is 1.24 bits per heavy atom. The Labute approximate surface area is 110 Å². The van der Waals surface area contributed by atoms with E-state index in [1.54, 1.807) is 0 Å². The lowest BCUT2D eigenvalue weighted by atomic mass is 10.2. The second-order valence-corrected chi connectivity index (χ2v) is 4.69. The van der Waals surface area contributed by atoms with Crippen LogP contribution in [0.4, 0.5) is 0 Å². The highest BCUT2D eigenvalue weighted by molar-refractivity contribution is 9.09. The summed E-state index contributed by atoms with van der Waals surface area (Å²) in [6.07, 6.45) is 3.11. The molecule has 1 atom stereocenters. The molecule has 17 heavy (non-hydrogen) atoms. The van der Waals surface area contributed by atoms with Gasteiger partial charge < -0.3 is 14.2 Å². The van der Waals surface area contributed by atoms with Gasteiger partial charge in [0.15, 0.2) is 17.8 Å². The molecule has 1 saturated heterocycles. The Morgan fingerprint density at radius 3 is 2.76 bits per heavy atom. The number of ether oxygens (including phenoxy) is 3. The van der Waals surface area contributed by atoms with E-state index in [0.29, 0.717) is 6.61 Å². The van der Waals surface area contributed by atoms with Crippen LogP contribution in [0.1, 0.15) is 19.3 Å². The molecule has 2 rings (SSSR count). The molecule has 0 bridgehead atoms. The summed E-state index contributed by atoms with van der Waals surface area (Å²) in [6.45, 7) is 1.42. The third-order valence-electron chi connectivity index (χ3n) is 2.58. The number of hydrogen-bond donors (Lipinski definition) is 0. The number of halogens is 1. The van der Waals surface area contributed by atoms with Crippen LogP contribution in [-0.4, -0.2) is 24.8 Å². The van der Waals surface area contributed by atoms with E-state index in [0.717, 1.165) is 42.7 Å². The molecular formula is C13H17BrO3. The van der Waals surface area contributed by atoms with Crippen molar-refractivity contribution in [1.82, 2.24) is 0 Å². The lowest BCUT2D eigenvalue weighted by Crippen LogP contribution is -2.25. The Morgan fingerprint density at radius 2 is 2.06 bits per heavy atom. The zero-order chi connectivity index (χ0) is 11.9. The Balaban J connectivity index is 1.98. The normalized spacial score (nSPS) is 19.9. The second-order valence-electron chi connectivity index (χ2n) is 3.90. The predicted octanol–water partition coefficient (Wildman–Crippen LogP) is 3.37. The highest BCUT2D eigenvalue weighted by atomic mass is 79.9. The fraction of sp³-hybridized carbons (Fsp3) is 0.538. The molecule has 0 aromatic heterocycles. The SMILES string of the molecule is BrCCOc1ccccc1OC1CCCCO1. The van der Waals surface area contributed by atoms with E-state index in [1.807, 2.05) is 24.3 Å². The maximum absolute atomic E-state index is 5.82. The lowest BCUT2D eigenvalue weighted by molar-refractivity contribution is -0.106. The van der Waals surface area contributed by atoms with Gasteiger partial charge in [-0.1, -0.05) is 28.1 Å². The first-order chi connectivity index (χ1) is 8.40. The van der Waals surface area contributed by atoms with Crippen molar-refractivity contribution in [2.24, 2.45) is 0 Å². The van der Waals surface area contributed by atoms with Crippen molar-refractivity contribution in [2.75, 3.05) is 18.5 Å². The minimum Gasteiger partial charge on any atom is -0.489 e. The van der Waals surface area contributed by atoms with E-state index in [2.05, 4.69) is 15.9 Å². The molecule has 0 spiro atoms. The van der Waals surface area contributed by atoms with Gasteiger partial charge in [-0.2, -0.15) is 0 Å². The molecule has 1 heterocycles. The Bertz CT molecular complexity index is 337. The van der Waals surface area contributed by atoms with Crippen molar-refractivity contribution < 1.29 is 14.2 Å². The minimum atomic E-state index is -0.127. The van der Waals surface area contributed by atoms with E-state index >= 15 is 0 Å². The van der Waals surface area contributed by atoms with Crippen LogP contribution in [0.2, 0.25) is 0 Å². The van der Waals surface area contributed by atoms with Gasteiger partial charge >= 0.3 is 0 Å². The first-order valence-electron chi connectivity index (χ1n) is 5.96. The molecule has 0 saturated carbocycles. The lowest BCUT2D eigenvalue weighted by Gasteiger charge is -2.24. The van der Waals surface area contributed by atoms with Crippen LogP contribution < -0.4 is 9.47 Å². The summed E-state index contributed by atoms with van der Waals surface area (Å²) in [4.78, 5) is 0. The molecule has 1 aromatic rings. The molecule has 1 fully saturated rings. The summed E-state index contributed by atoms with van der Waals surface area (Å²) >= 11 is 3.34. The summed E-state index contributed by atoms with van der Waals surface area (Å²) in [5, 5.41) is 0.807. The quantitative estimate of drug-likeness (QED) is 0.781. The number of para-hydroxylation sites is 2. The van der Waals surface area contributed by atoms with E-state index in [1.165, 1.54) is 0 Å². The predicted molar refractivity (Wildman–Crippen MR) is 70.0 cm³/mol. The number of alkyl halides is 1. The van der Waals surface area contributed by atoms with Gasteiger partial charge in [0.25, 0.3) is 0 Å². The Kier molecular flexibility index (Phi) is 5.13. The van der Waals surface area contributed by atoms with Gasteiger partial charge in [-0.25, -0.2) is 0 Å². The van der Waals surface area contributed by atoms with Crippen LogP contribution in [0, 0.1) is 0 Å². The molecule has 94 valence electrons. The zero-order valence-corrected chi connectivity index (χ0v) is 11.3. The standard InChI is InChI=1S/C13H17BrO3/c14-8-10-15-11-5-1-2-6-12(11)17-13-7-3-4-9-16-13/h1-2,5-6,13H,3-4,7-10H2. The summed E-state index contributed by atoms with van der Waals surface area (Å²) in [6, 6.07) is 7.72. The highest BCUT2D eigenvalue weighted by Crippen LogP contribution is 2.29. The minimum absolute atomic E-state index is 0.127. The highest BCUT2D eigenvalue weighted by Gasteiger charge is 2.16. The third-order valence-corrected chi connectivity index (χ3v) is 2.90. The van der Waals surface area contributed by atoms with Crippen LogP contribution in [0.5, 0.6) is 11.5 Å². The van der Waals surface area contributed by atoms with Crippen LogP contribution in [-0.2, 0) is 4.74 Å². The van der Waals surface area contributed by atoms with Crippen molar-refractivity contribution in [1.29, 1.82) is 0 Å². The van der Waals surface area contributed by atoms with Gasteiger partial charge in [-0.3, -0.25) is 0 Å². The van der Waals surface area contributed by atoms with Crippen LogP contribution in [0.3, 0.4) is 0 Å². The van der Waals surface area contributed by atoms with E-state index in [9.17, 15) is 0 Å². The monoisotopic (exact) mass is 300 g/mol. The number of rotatable bonds is 5.